The fourth-order valence-electron chi connectivity index (χ4n) is 2.96. The van der Waals surface area contributed by atoms with Gasteiger partial charge >= 0.3 is 23.9 Å². The van der Waals surface area contributed by atoms with Crippen LogP contribution in [0.15, 0.2) is 0 Å². The van der Waals surface area contributed by atoms with Crippen molar-refractivity contribution in [3.8, 4) is 0 Å². The largest absolute Gasteiger partial charge is 0.481 e. The lowest BCUT2D eigenvalue weighted by Gasteiger charge is -2.41. The topological polar surface area (TPSA) is 186 Å². The minimum Gasteiger partial charge on any atom is -0.481 e. The second-order valence-corrected chi connectivity index (χ2v) is 6.68. The highest BCUT2D eigenvalue weighted by Gasteiger charge is 2.54. The second kappa shape index (κ2) is 15.5. The van der Waals surface area contributed by atoms with E-state index < -0.39 is 54.7 Å². The van der Waals surface area contributed by atoms with Crippen LogP contribution in [-0.2, 0) is 38.1 Å². The van der Waals surface area contributed by atoms with Crippen LogP contribution in [0.5, 0.6) is 0 Å². The van der Waals surface area contributed by atoms with Gasteiger partial charge in [0.25, 0.3) is 0 Å². The van der Waals surface area contributed by atoms with E-state index in [1.54, 1.807) is 13.8 Å². The van der Waals surface area contributed by atoms with E-state index in [0.29, 0.717) is 0 Å². The molecule has 0 aromatic rings. The van der Waals surface area contributed by atoms with Crippen molar-refractivity contribution < 1.29 is 58.6 Å². The molecule has 0 aromatic heterocycles. The fraction of sp³-hybridized carbons (Fsp3) is 0.789. The van der Waals surface area contributed by atoms with Crippen molar-refractivity contribution in [3.05, 3.63) is 0 Å². The molecular formula is C19H32O12. The highest BCUT2D eigenvalue weighted by Crippen LogP contribution is 2.34. The molecule has 4 N–H and O–H groups in total. The predicted molar refractivity (Wildman–Crippen MR) is 104 cm³/mol. The van der Waals surface area contributed by atoms with Crippen molar-refractivity contribution in [2.75, 3.05) is 39.6 Å². The summed E-state index contributed by atoms with van der Waals surface area (Å²) in [6.07, 6.45) is -3.46. The molecule has 0 bridgehead atoms. The van der Waals surface area contributed by atoms with E-state index in [1.165, 1.54) is 0 Å². The Morgan fingerprint density at radius 3 is 1.32 bits per heavy atom. The molecule has 12 heteroatoms. The summed E-state index contributed by atoms with van der Waals surface area (Å²) in [5.41, 5.74) is -1.82. The Labute approximate surface area is 180 Å². The van der Waals surface area contributed by atoms with E-state index in [0.717, 1.165) is 0 Å². The van der Waals surface area contributed by atoms with Crippen LogP contribution in [0, 0.1) is 5.41 Å². The van der Waals surface area contributed by atoms with Gasteiger partial charge in [0.2, 0.25) is 0 Å². The first-order chi connectivity index (χ1) is 14.6. The van der Waals surface area contributed by atoms with Crippen molar-refractivity contribution in [1.82, 2.24) is 0 Å². The van der Waals surface area contributed by atoms with Crippen LogP contribution in [0.2, 0.25) is 0 Å². The smallest absolute Gasteiger partial charge is 0.333 e. The third kappa shape index (κ3) is 10.5. The van der Waals surface area contributed by atoms with Crippen molar-refractivity contribution in [2.45, 2.75) is 51.7 Å². The van der Waals surface area contributed by atoms with Gasteiger partial charge in [0, 0.05) is 39.3 Å². The number of ether oxygens (including phenoxy) is 4. The molecule has 180 valence electrons. The maximum absolute atomic E-state index is 12.0. The van der Waals surface area contributed by atoms with Crippen LogP contribution < -0.4 is 0 Å². The Morgan fingerprint density at radius 1 is 0.710 bits per heavy atom. The van der Waals surface area contributed by atoms with Crippen LogP contribution in [-0.4, -0.2) is 96.2 Å². The Balaban J connectivity index is 5.81. The Bertz CT molecular complexity index is 526. The molecule has 0 saturated heterocycles. The van der Waals surface area contributed by atoms with Gasteiger partial charge in [-0.1, -0.05) is 0 Å². The molecule has 0 radical (unpaired) electrons. The fourth-order valence-corrected chi connectivity index (χ4v) is 2.96. The van der Waals surface area contributed by atoms with Gasteiger partial charge in [0.1, 0.15) is 0 Å². The van der Waals surface area contributed by atoms with Gasteiger partial charge in [0.15, 0.2) is 12.2 Å². The lowest BCUT2D eigenvalue weighted by atomic mass is 9.77. The summed E-state index contributed by atoms with van der Waals surface area (Å²) in [5, 5.41) is 37.0. The number of aliphatic carboxylic acids is 4. The summed E-state index contributed by atoms with van der Waals surface area (Å²) in [6.45, 7) is 1.94. The monoisotopic (exact) mass is 452 g/mol. The molecule has 31 heavy (non-hydrogen) atoms. The van der Waals surface area contributed by atoms with E-state index in [-0.39, 0.29) is 52.1 Å². The molecule has 0 rings (SSSR count). The quantitative estimate of drug-likeness (QED) is 0.190. The molecule has 12 nitrogen and oxygen atoms in total. The molecule has 0 fully saturated rings. The molecule has 0 aliphatic carbocycles. The van der Waals surface area contributed by atoms with Crippen LogP contribution in [0.4, 0.5) is 0 Å². The molecule has 0 aromatic carbocycles. The molecule has 0 aliphatic heterocycles. The predicted octanol–water partition coefficient (Wildman–Crippen LogP) is 0.715. The third-order valence-corrected chi connectivity index (χ3v) is 4.26. The van der Waals surface area contributed by atoms with Gasteiger partial charge in [-0.25, -0.2) is 9.59 Å². The first kappa shape index (κ1) is 28.7. The van der Waals surface area contributed by atoms with Crippen LogP contribution in [0.25, 0.3) is 0 Å². The summed E-state index contributed by atoms with van der Waals surface area (Å²) in [4.78, 5) is 45.3. The number of hydrogen-bond acceptors (Lipinski definition) is 8. The molecule has 0 aliphatic rings. The van der Waals surface area contributed by atoms with Gasteiger partial charge < -0.3 is 39.4 Å². The number of carboxylic acid groups (broad SMARTS) is 4. The van der Waals surface area contributed by atoms with E-state index >= 15 is 0 Å². The lowest BCUT2D eigenvalue weighted by molar-refractivity contribution is -0.206. The van der Waals surface area contributed by atoms with E-state index in [4.69, 9.17) is 29.2 Å². The van der Waals surface area contributed by atoms with E-state index in [1.807, 2.05) is 0 Å². The first-order valence-corrected chi connectivity index (χ1v) is 9.90. The minimum atomic E-state index is -1.82. The zero-order chi connectivity index (χ0) is 23.9. The number of hydrogen-bond donors (Lipinski definition) is 4. The summed E-state index contributed by atoms with van der Waals surface area (Å²) < 4.78 is 21.6. The summed E-state index contributed by atoms with van der Waals surface area (Å²) >= 11 is 0. The first-order valence-electron chi connectivity index (χ1n) is 9.90. The third-order valence-electron chi connectivity index (χ3n) is 4.26. The molecule has 0 heterocycles. The second-order valence-electron chi connectivity index (χ2n) is 6.68. The van der Waals surface area contributed by atoms with Crippen LogP contribution in [0.3, 0.4) is 0 Å². The minimum absolute atomic E-state index is 0.0464. The number of carbonyl (C=O) groups is 4. The van der Waals surface area contributed by atoms with Gasteiger partial charge in [-0.05, 0) is 26.7 Å². The molecule has 2 atom stereocenters. The average Bonchev–Trinajstić information content (AvgIpc) is 2.67. The zero-order valence-electron chi connectivity index (χ0n) is 17.8. The molecule has 0 amide bonds. The van der Waals surface area contributed by atoms with Crippen molar-refractivity contribution >= 4 is 23.9 Å². The standard InChI is InChI=1S/C19H32O12/c1-3-30-15(17(24)25)19(16(18(26)27)31-4-2,11-28-9-5-7-13(20)21)12-29-10-6-8-14(22)23/h15-16H,3-12H2,1-2H3,(H,20,21)(H,22,23)(H,24,25)(H,26,27). The Hall–Kier alpha value is -2.28. The Morgan fingerprint density at radius 2 is 1.06 bits per heavy atom. The van der Waals surface area contributed by atoms with Gasteiger partial charge in [-0.3, -0.25) is 9.59 Å². The zero-order valence-corrected chi connectivity index (χ0v) is 17.8. The summed E-state index contributed by atoms with van der Waals surface area (Å²) in [5.74, 6) is -4.97. The average molecular weight is 452 g/mol. The number of rotatable bonds is 20. The summed E-state index contributed by atoms with van der Waals surface area (Å²) in [7, 11) is 0. The molecular weight excluding hydrogens is 420 g/mol. The summed E-state index contributed by atoms with van der Waals surface area (Å²) in [6, 6.07) is 0. The van der Waals surface area contributed by atoms with Crippen LogP contribution >= 0.6 is 0 Å². The Kier molecular flexibility index (Phi) is 14.4. The van der Waals surface area contributed by atoms with Crippen LogP contribution in [0.1, 0.15) is 39.5 Å². The highest BCUT2D eigenvalue weighted by atomic mass is 16.5. The number of carboxylic acids is 4. The van der Waals surface area contributed by atoms with Crippen molar-refractivity contribution in [3.63, 3.8) is 0 Å². The van der Waals surface area contributed by atoms with Gasteiger partial charge in [-0.2, -0.15) is 0 Å². The maximum Gasteiger partial charge on any atom is 0.333 e. The molecule has 2 unspecified atom stereocenters. The van der Waals surface area contributed by atoms with Crippen molar-refractivity contribution in [1.29, 1.82) is 0 Å². The van der Waals surface area contributed by atoms with Crippen molar-refractivity contribution in [2.24, 2.45) is 5.41 Å². The highest BCUT2D eigenvalue weighted by molar-refractivity contribution is 5.79. The van der Waals surface area contributed by atoms with Gasteiger partial charge in [0.05, 0.1) is 18.6 Å². The van der Waals surface area contributed by atoms with E-state index in [2.05, 4.69) is 0 Å². The maximum atomic E-state index is 12.0. The normalized spacial score (nSPS) is 13.5. The molecule has 0 spiro atoms. The lowest BCUT2D eigenvalue weighted by Crippen LogP contribution is -2.59. The van der Waals surface area contributed by atoms with Gasteiger partial charge in [-0.15, -0.1) is 0 Å². The SMILES string of the molecule is CCOC(C(=O)O)C(COCCCC(=O)O)(COCCCC(=O)O)C(OCC)C(=O)O. The van der Waals surface area contributed by atoms with E-state index in [9.17, 15) is 29.4 Å². The molecule has 0 saturated carbocycles.